The van der Waals surface area contributed by atoms with Crippen LogP contribution in [-0.4, -0.2) is 44.9 Å². The molecule has 8 N–H and O–H groups in total. The molecule has 0 aliphatic heterocycles. The molecule has 7 nitrogen and oxygen atoms in total. The predicted octanol–water partition coefficient (Wildman–Crippen LogP) is -0.742. The highest BCUT2D eigenvalue weighted by molar-refractivity contribution is 8.76. The maximum Gasteiger partial charge on any atom is 0.339 e. The quantitative estimate of drug-likeness (QED) is 0.220. The molecule has 0 amide bonds. The van der Waals surface area contributed by atoms with Gasteiger partial charge in [-0.05, 0) is 6.42 Å². The summed E-state index contributed by atoms with van der Waals surface area (Å²) in [6.07, 6.45) is 0.283. The molecule has 0 aliphatic rings. The lowest BCUT2D eigenvalue weighted by molar-refractivity contribution is -0.143. The van der Waals surface area contributed by atoms with Crippen LogP contribution in [-0.2, 0) is 9.59 Å². The van der Waals surface area contributed by atoms with Crippen LogP contribution in [0.3, 0.4) is 0 Å². The third kappa shape index (κ3) is 5.13. The zero-order valence-corrected chi connectivity index (χ0v) is 11.0. The van der Waals surface area contributed by atoms with Crippen LogP contribution in [0, 0.1) is 0 Å². The molecule has 1 atom stereocenters. The fourth-order valence-corrected chi connectivity index (χ4v) is 3.40. The number of hydrogen-bond donors (Lipinski definition) is 5. The van der Waals surface area contributed by atoms with Gasteiger partial charge in [-0.15, -0.1) is 0 Å². The molecule has 0 fully saturated rings. The Morgan fingerprint density at radius 2 is 1.53 bits per heavy atom. The molecule has 0 rings (SSSR count). The van der Waals surface area contributed by atoms with Crippen LogP contribution in [0.25, 0.3) is 0 Å². The summed E-state index contributed by atoms with van der Waals surface area (Å²) < 4.78 is 0. The van der Waals surface area contributed by atoms with Crippen molar-refractivity contribution >= 4 is 33.5 Å². The number of rotatable bonds is 8. The average Bonchev–Trinajstić information content (AvgIpc) is 2.23. The van der Waals surface area contributed by atoms with Gasteiger partial charge >= 0.3 is 11.9 Å². The van der Waals surface area contributed by atoms with Gasteiger partial charge in [-0.3, -0.25) is 4.79 Å². The van der Waals surface area contributed by atoms with Crippen molar-refractivity contribution in [3.05, 3.63) is 0 Å². The minimum Gasteiger partial charge on any atom is -0.480 e. The van der Waals surface area contributed by atoms with E-state index in [0.717, 1.165) is 21.6 Å². The van der Waals surface area contributed by atoms with Gasteiger partial charge in [-0.2, -0.15) is 0 Å². The van der Waals surface area contributed by atoms with Crippen molar-refractivity contribution in [2.24, 2.45) is 17.2 Å². The molecule has 0 aromatic heterocycles. The summed E-state index contributed by atoms with van der Waals surface area (Å²) in [4.78, 5) is 21.4. The van der Waals surface area contributed by atoms with Gasteiger partial charge < -0.3 is 27.4 Å². The predicted molar refractivity (Wildman–Crippen MR) is 68.5 cm³/mol. The van der Waals surface area contributed by atoms with Crippen molar-refractivity contribution in [3.8, 4) is 0 Å². The van der Waals surface area contributed by atoms with Crippen molar-refractivity contribution in [1.29, 1.82) is 0 Å². The SMILES string of the molecule is CC[C@@](N)(CSSCC(N)(N)C(=O)O)C(=O)O. The van der Waals surface area contributed by atoms with E-state index in [1.807, 2.05) is 0 Å². The Labute approximate surface area is 107 Å². The largest absolute Gasteiger partial charge is 0.480 e. The van der Waals surface area contributed by atoms with Gasteiger partial charge in [0, 0.05) is 11.5 Å². The van der Waals surface area contributed by atoms with Crippen LogP contribution < -0.4 is 17.2 Å². The zero-order chi connectivity index (χ0) is 13.7. The Balaban J connectivity index is 4.09. The molecule has 0 heterocycles. The number of hydrogen-bond acceptors (Lipinski definition) is 7. The van der Waals surface area contributed by atoms with E-state index in [9.17, 15) is 9.59 Å². The molecule has 0 aromatic carbocycles. The Morgan fingerprint density at radius 3 is 1.88 bits per heavy atom. The average molecular weight is 283 g/mol. The molecule has 17 heavy (non-hydrogen) atoms. The summed E-state index contributed by atoms with van der Waals surface area (Å²) in [5.74, 6) is -2.28. The highest BCUT2D eigenvalue weighted by Crippen LogP contribution is 2.27. The van der Waals surface area contributed by atoms with E-state index in [-0.39, 0.29) is 17.9 Å². The van der Waals surface area contributed by atoms with E-state index in [4.69, 9.17) is 27.4 Å². The van der Waals surface area contributed by atoms with Gasteiger partial charge in [0.15, 0.2) is 5.66 Å². The maximum atomic E-state index is 10.9. The summed E-state index contributed by atoms with van der Waals surface area (Å²) in [5, 5.41) is 17.5. The summed E-state index contributed by atoms with van der Waals surface area (Å²) in [5.41, 5.74) is 13.1. The number of nitrogens with two attached hydrogens (primary N) is 3. The van der Waals surface area contributed by atoms with Crippen LogP contribution in [0.15, 0.2) is 0 Å². The molecular formula is C8H17N3O4S2. The highest BCUT2D eigenvalue weighted by Gasteiger charge is 2.33. The first-order valence-electron chi connectivity index (χ1n) is 4.73. The molecule has 0 unspecified atom stereocenters. The van der Waals surface area contributed by atoms with Crippen LogP contribution in [0.2, 0.25) is 0 Å². The van der Waals surface area contributed by atoms with Gasteiger partial charge in [0.1, 0.15) is 5.54 Å². The van der Waals surface area contributed by atoms with E-state index in [1.165, 1.54) is 0 Å². The lowest BCUT2D eigenvalue weighted by Crippen LogP contribution is -2.58. The van der Waals surface area contributed by atoms with Gasteiger partial charge in [-0.25, -0.2) is 4.79 Å². The lowest BCUT2D eigenvalue weighted by atomic mass is 10.0. The fraction of sp³-hybridized carbons (Fsp3) is 0.750. The van der Waals surface area contributed by atoms with E-state index < -0.39 is 23.1 Å². The van der Waals surface area contributed by atoms with Gasteiger partial charge in [0.05, 0.1) is 0 Å². The first kappa shape index (κ1) is 16.5. The lowest BCUT2D eigenvalue weighted by Gasteiger charge is -2.23. The molecule has 0 saturated heterocycles. The Hall–Kier alpha value is -0.480. The second kappa shape index (κ2) is 6.45. The minimum atomic E-state index is -1.82. The second-order valence-corrected chi connectivity index (χ2v) is 6.15. The highest BCUT2D eigenvalue weighted by atomic mass is 33.1. The molecular weight excluding hydrogens is 266 g/mol. The number of aliphatic carboxylic acids is 2. The van der Waals surface area contributed by atoms with E-state index in [1.54, 1.807) is 6.92 Å². The van der Waals surface area contributed by atoms with E-state index in [2.05, 4.69) is 0 Å². The van der Waals surface area contributed by atoms with Crippen molar-refractivity contribution < 1.29 is 19.8 Å². The van der Waals surface area contributed by atoms with Crippen LogP contribution >= 0.6 is 21.6 Å². The Kier molecular flexibility index (Phi) is 6.27. The summed E-state index contributed by atoms with van der Waals surface area (Å²) in [6.45, 7) is 1.67. The van der Waals surface area contributed by atoms with Gasteiger partial charge in [-0.1, -0.05) is 28.5 Å². The number of carboxylic acids is 2. The summed E-state index contributed by atoms with van der Waals surface area (Å²) in [7, 11) is 2.24. The molecule has 0 aromatic rings. The number of carboxylic acid groups (broad SMARTS) is 2. The molecule has 0 saturated carbocycles. The van der Waals surface area contributed by atoms with Crippen LogP contribution in [0.5, 0.6) is 0 Å². The maximum absolute atomic E-state index is 10.9. The van der Waals surface area contributed by atoms with Crippen LogP contribution in [0.4, 0.5) is 0 Å². The van der Waals surface area contributed by atoms with E-state index in [0.29, 0.717) is 0 Å². The normalized spacial score (nSPS) is 15.3. The van der Waals surface area contributed by atoms with Crippen molar-refractivity contribution in [1.82, 2.24) is 0 Å². The van der Waals surface area contributed by atoms with Gasteiger partial charge in [0.25, 0.3) is 0 Å². The first-order chi connectivity index (χ1) is 7.65. The molecule has 100 valence electrons. The third-order valence-corrected chi connectivity index (χ3v) is 4.75. The molecule has 9 heteroatoms. The fourth-order valence-electron chi connectivity index (χ4n) is 0.663. The van der Waals surface area contributed by atoms with Crippen molar-refractivity contribution in [2.45, 2.75) is 24.5 Å². The zero-order valence-electron chi connectivity index (χ0n) is 9.38. The molecule has 0 radical (unpaired) electrons. The Morgan fingerprint density at radius 1 is 1.06 bits per heavy atom. The molecule has 0 bridgehead atoms. The van der Waals surface area contributed by atoms with Crippen LogP contribution in [0.1, 0.15) is 13.3 Å². The topological polar surface area (TPSA) is 153 Å². The second-order valence-electron chi connectivity index (χ2n) is 3.68. The summed E-state index contributed by atoms with van der Waals surface area (Å²) in [6, 6.07) is 0. The van der Waals surface area contributed by atoms with Gasteiger partial charge in [0.2, 0.25) is 0 Å². The van der Waals surface area contributed by atoms with Crippen molar-refractivity contribution in [2.75, 3.05) is 11.5 Å². The van der Waals surface area contributed by atoms with Crippen molar-refractivity contribution in [3.63, 3.8) is 0 Å². The number of carbonyl (C=O) groups is 2. The third-order valence-electron chi connectivity index (χ3n) is 2.15. The molecule has 0 spiro atoms. The van der Waals surface area contributed by atoms with E-state index >= 15 is 0 Å². The first-order valence-corrected chi connectivity index (χ1v) is 7.22. The minimum absolute atomic E-state index is 0.0353. The molecule has 0 aliphatic carbocycles. The smallest absolute Gasteiger partial charge is 0.339 e. The Bertz CT molecular complexity index is 300. The standard InChI is InChI=1S/C8H17N3O4S2/c1-2-7(9,5(12)13)3-16-17-4-8(10,11)6(14)15/h2-4,9-11H2,1H3,(H,12,13)(H,14,15)/t7-/m1/s1. The monoisotopic (exact) mass is 283 g/mol. The summed E-state index contributed by atoms with van der Waals surface area (Å²) >= 11 is 0.